The second-order valence-electron chi connectivity index (χ2n) is 6.84. The number of hydrogen-bond acceptors (Lipinski definition) is 3. The summed E-state index contributed by atoms with van der Waals surface area (Å²) in [4.78, 5) is 14.5. The molecule has 1 atom stereocenters. The first-order valence-electron chi connectivity index (χ1n) is 8.77. The quantitative estimate of drug-likeness (QED) is 0.687. The Morgan fingerprint density at radius 2 is 1.90 bits per heavy atom. The van der Waals surface area contributed by atoms with Crippen molar-refractivity contribution in [1.82, 2.24) is 15.5 Å². The van der Waals surface area contributed by atoms with E-state index in [1.165, 1.54) is 12.8 Å². The predicted octanol–water partition coefficient (Wildman–Crippen LogP) is 2.39. The monoisotopic (exact) mass is 297 g/mol. The lowest BCUT2D eigenvalue weighted by Gasteiger charge is -2.33. The van der Waals surface area contributed by atoms with E-state index in [0.29, 0.717) is 18.6 Å². The summed E-state index contributed by atoms with van der Waals surface area (Å²) >= 11 is 0. The van der Waals surface area contributed by atoms with E-state index in [1.54, 1.807) is 0 Å². The molecule has 0 spiro atoms. The highest BCUT2D eigenvalue weighted by Gasteiger charge is 2.21. The molecule has 0 aromatic heterocycles. The van der Waals surface area contributed by atoms with Gasteiger partial charge in [0.2, 0.25) is 5.91 Å². The van der Waals surface area contributed by atoms with Crippen molar-refractivity contribution in [2.75, 3.05) is 26.2 Å². The Kier molecular flexibility index (Phi) is 8.93. The van der Waals surface area contributed by atoms with Crippen molar-refractivity contribution in [3.63, 3.8) is 0 Å². The summed E-state index contributed by atoms with van der Waals surface area (Å²) in [7, 11) is 0. The van der Waals surface area contributed by atoms with E-state index < -0.39 is 0 Å². The van der Waals surface area contributed by atoms with Gasteiger partial charge in [0.15, 0.2) is 0 Å². The zero-order valence-corrected chi connectivity index (χ0v) is 14.5. The Labute approximate surface area is 131 Å². The summed E-state index contributed by atoms with van der Waals surface area (Å²) in [5, 5.41) is 6.55. The van der Waals surface area contributed by atoms with Crippen LogP contribution in [-0.2, 0) is 4.79 Å². The SMILES string of the molecule is CCN(CC(=O)NC(C)CCCC(C)C)C1CCNCC1. The van der Waals surface area contributed by atoms with E-state index in [2.05, 4.69) is 43.2 Å². The molecule has 0 aliphatic carbocycles. The average Bonchev–Trinajstić information content (AvgIpc) is 2.45. The molecule has 1 saturated heterocycles. The van der Waals surface area contributed by atoms with Gasteiger partial charge < -0.3 is 10.6 Å². The molecule has 4 heteroatoms. The highest BCUT2D eigenvalue weighted by molar-refractivity contribution is 5.78. The fourth-order valence-electron chi connectivity index (χ4n) is 3.08. The number of amides is 1. The van der Waals surface area contributed by atoms with E-state index >= 15 is 0 Å². The standard InChI is InChI=1S/C17H35N3O/c1-5-20(16-9-11-18-12-10-16)13-17(21)19-15(4)8-6-7-14(2)3/h14-16,18H,5-13H2,1-4H3,(H,19,21). The summed E-state index contributed by atoms with van der Waals surface area (Å²) in [6.45, 7) is 12.4. The van der Waals surface area contributed by atoms with Gasteiger partial charge in [-0.2, -0.15) is 0 Å². The molecule has 1 heterocycles. The van der Waals surface area contributed by atoms with Crippen molar-refractivity contribution >= 4 is 5.91 Å². The van der Waals surface area contributed by atoms with Crippen molar-refractivity contribution in [2.45, 2.75) is 71.9 Å². The second kappa shape index (κ2) is 10.2. The van der Waals surface area contributed by atoms with E-state index in [9.17, 15) is 4.79 Å². The summed E-state index contributed by atoms with van der Waals surface area (Å²) in [5.74, 6) is 0.941. The second-order valence-corrected chi connectivity index (χ2v) is 6.84. The molecule has 0 aromatic carbocycles. The molecule has 0 aromatic rings. The molecule has 0 radical (unpaired) electrons. The van der Waals surface area contributed by atoms with E-state index in [4.69, 9.17) is 0 Å². The van der Waals surface area contributed by atoms with Crippen molar-refractivity contribution in [3.05, 3.63) is 0 Å². The molecule has 1 amide bonds. The van der Waals surface area contributed by atoms with Gasteiger partial charge in [-0.15, -0.1) is 0 Å². The van der Waals surface area contributed by atoms with Gasteiger partial charge in [-0.1, -0.05) is 33.6 Å². The molecule has 1 fully saturated rings. The average molecular weight is 297 g/mol. The number of nitrogens with zero attached hydrogens (tertiary/aromatic N) is 1. The highest BCUT2D eigenvalue weighted by Crippen LogP contribution is 2.11. The van der Waals surface area contributed by atoms with Gasteiger partial charge in [-0.05, 0) is 51.7 Å². The normalized spacial score (nSPS) is 18.2. The molecule has 1 rings (SSSR count). The highest BCUT2D eigenvalue weighted by atomic mass is 16.2. The maximum atomic E-state index is 12.2. The van der Waals surface area contributed by atoms with Crippen LogP contribution >= 0.6 is 0 Å². The van der Waals surface area contributed by atoms with Crippen LogP contribution < -0.4 is 10.6 Å². The van der Waals surface area contributed by atoms with Crippen molar-refractivity contribution in [3.8, 4) is 0 Å². The van der Waals surface area contributed by atoms with Crippen LogP contribution in [0.5, 0.6) is 0 Å². The lowest BCUT2D eigenvalue weighted by Crippen LogP contribution is -2.48. The van der Waals surface area contributed by atoms with Gasteiger partial charge in [0.1, 0.15) is 0 Å². The third-order valence-corrected chi connectivity index (χ3v) is 4.40. The Morgan fingerprint density at radius 3 is 2.48 bits per heavy atom. The number of likely N-dealkylation sites (N-methyl/N-ethyl adjacent to an activating group) is 1. The van der Waals surface area contributed by atoms with Gasteiger partial charge in [-0.3, -0.25) is 9.69 Å². The Bertz CT molecular complexity index is 288. The van der Waals surface area contributed by atoms with Crippen molar-refractivity contribution in [2.24, 2.45) is 5.92 Å². The van der Waals surface area contributed by atoms with Crippen LogP contribution in [0.2, 0.25) is 0 Å². The minimum Gasteiger partial charge on any atom is -0.353 e. The van der Waals surface area contributed by atoms with Crippen molar-refractivity contribution < 1.29 is 4.79 Å². The van der Waals surface area contributed by atoms with E-state index in [0.717, 1.165) is 44.8 Å². The topological polar surface area (TPSA) is 44.4 Å². The molecule has 0 saturated carbocycles. The van der Waals surface area contributed by atoms with Crippen LogP contribution in [0.3, 0.4) is 0 Å². The van der Waals surface area contributed by atoms with Gasteiger partial charge in [0.25, 0.3) is 0 Å². The molecule has 4 nitrogen and oxygen atoms in total. The lowest BCUT2D eigenvalue weighted by atomic mass is 10.0. The maximum Gasteiger partial charge on any atom is 0.234 e. The molecule has 124 valence electrons. The summed E-state index contributed by atoms with van der Waals surface area (Å²) in [6, 6.07) is 0.862. The van der Waals surface area contributed by atoms with Crippen LogP contribution in [0, 0.1) is 5.92 Å². The number of hydrogen-bond donors (Lipinski definition) is 2. The van der Waals surface area contributed by atoms with Crippen LogP contribution in [-0.4, -0.2) is 49.1 Å². The summed E-state index contributed by atoms with van der Waals surface area (Å²) in [5.41, 5.74) is 0. The lowest BCUT2D eigenvalue weighted by molar-refractivity contribution is -0.123. The third kappa shape index (κ3) is 7.82. The van der Waals surface area contributed by atoms with Crippen LogP contribution in [0.1, 0.15) is 59.8 Å². The molecular weight excluding hydrogens is 262 g/mol. The number of nitrogens with one attached hydrogen (secondary N) is 2. The third-order valence-electron chi connectivity index (χ3n) is 4.40. The van der Waals surface area contributed by atoms with Crippen LogP contribution in [0.25, 0.3) is 0 Å². The minimum atomic E-state index is 0.187. The minimum absolute atomic E-state index is 0.187. The Morgan fingerprint density at radius 1 is 1.24 bits per heavy atom. The molecule has 2 N–H and O–H groups in total. The van der Waals surface area contributed by atoms with Gasteiger partial charge in [0.05, 0.1) is 6.54 Å². The van der Waals surface area contributed by atoms with Gasteiger partial charge >= 0.3 is 0 Å². The fourth-order valence-corrected chi connectivity index (χ4v) is 3.08. The smallest absolute Gasteiger partial charge is 0.234 e. The summed E-state index contributed by atoms with van der Waals surface area (Å²) < 4.78 is 0. The van der Waals surface area contributed by atoms with Crippen molar-refractivity contribution in [1.29, 1.82) is 0 Å². The Balaban J connectivity index is 2.26. The first-order chi connectivity index (χ1) is 10.0. The van der Waals surface area contributed by atoms with Gasteiger partial charge in [0, 0.05) is 12.1 Å². The van der Waals surface area contributed by atoms with Gasteiger partial charge in [-0.25, -0.2) is 0 Å². The number of piperidine rings is 1. The van der Waals surface area contributed by atoms with Crippen LogP contribution in [0.15, 0.2) is 0 Å². The summed E-state index contributed by atoms with van der Waals surface area (Å²) in [6.07, 6.45) is 5.85. The van der Waals surface area contributed by atoms with Crippen LogP contribution in [0.4, 0.5) is 0 Å². The maximum absolute atomic E-state index is 12.2. The fraction of sp³-hybridized carbons (Fsp3) is 0.941. The zero-order chi connectivity index (χ0) is 15.7. The number of rotatable bonds is 9. The number of carbonyl (C=O) groups is 1. The first kappa shape index (κ1) is 18.4. The molecule has 1 aliphatic rings. The molecule has 1 aliphatic heterocycles. The molecule has 21 heavy (non-hydrogen) atoms. The van der Waals surface area contributed by atoms with E-state index in [-0.39, 0.29) is 5.91 Å². The molecule has 0 bridgehead atoms. The molecule has 1 unspecified atom stereocenters. The largest absolute Gasteiger partial charge is 0.353 e. The number of carbonyl (C=O) groups excluding carboxylic acids is 1. The predicted molar refractivity (Wildman–Crippen MR) is 89.4 cm³/mol. The Hall–Kier alpha value is -0.610. The van der Waals surface area contributed by atoms with E-state index in [1.807, 2.05) is 0 Å². The zero-order valence-electron chi connectivity index (χ0n) is 14.5. The first-order valence-corrected chi connectivity index (χ1v) is 8.77. The molecular formula is C17H35N3O.